The normalized spacial score (nSPS) is 34.8. The summed E-state index contributed by atoms with van der Waals surface area (Å²) in [4.78, 5) is 13.0. The van der Waals surface area contributed by atoms with Crippen molar-refractivity contribution in [3.8, 4) is 0 Å². The lowest BCUT2D eigenvalue weighted by molar-refractivity contribution is -0.119. The van der Waals surface area contributed by atoms with Crippen LogP contribution < -0.4 is 0 Å². The lowest BCUT2D eigenvalue weighted by atomic mass is 9.99. The fourth-order valence-corrected chi connectivity index (χ4v) is 9.56. The van der Waals surface area contributed by atoms with Gasteiger partial charge in [0.05, 0.1) is 5.25 Å². The zero-order valence-electron chi connectivity index (χ0n) is 13.3. The molecule has 138 valence electrons. The Morgan fingerprint density at radius 3 is 2.38 bits per heavy atom. The highest BCUT2D eigenvalue weighted by Crippen LogP contribution is 2.68. The average Bonchev–Trinajstić information content (AvgIpc) is 3.08. The van der Waals surface area contributed by atoms with Crippen LogP contribution in [-0.2, 0) is 18.5 Å². The summed E-state index contributed by atoms with van der Waals surface area (Å²) >= 11 is 0. The molecular weight excluding hydrogens is 365 g/mol. The Bertz CT molecular complexity index is 671. The van der Waals surface area contributed by atoms with E-state index >= 15 is 0 Å². The number of allylic oxidation sites excluding steroid dienone is 2. The van der Waals surface area contributed by atoms with Crippen molar-refractivity contribution in [2.24, 2.45) is 11.8 Å². The first-order chi connectivity index (χ1) is 11.0. The third-order valence-electron chi connectivity index (χ3n) is 5.30. The lowest BCUT2D eigenvalue weighted by Gasteiger charge is -2.45. The van der Waals surface area contributed by atoms with Crippen LogP contribution >= 0.6 is 10.3 Å². The van der Waals surface area contributed by atoms with Gasteiger partial charge in [-0.25, -0.2) is 3.63 Å². The van der Waals surface area contributed by atoms with Crippen LogP contribution in [0.5, 0.6) is 0 Å². The quantitative estimate of drug-likeness (QED) is 0.685. The number of rotatable bonds is 4. The molecule has 0 heterocycles. The van der Waals surface area contributed by atoms with Gasteiger partial charge in [-0.1, -0.05) is 22.8 Å². The Labute approximate surface area is 141 Å². The summed E-state index contributed by atoms with van der Waals surface area (Å²) in [6.45, 7) is 0. The third-order valence-corrected chi connectivity index (χ3v) is 10.7. The molecule has 0 aromatic rings. The van der Waals surface area contributed by atoms with Crippen LogP contribution in [0.1, 0.15) is 44.9 Å². The minimum atomic E-state index is -5.74. The lowest BCUT2D eigenvalue weighted by Crippen LogP contribution is -2.37. The number of fused-ring (bicyclic) bond motifs is 2. The van der Waals surface area contributed by atoms with Gasteiger partial charge in [-0.3, -0.25) is 4.79 Å². The van der Waals surface area contributed by atoms with Crippen molar-refractivity contribution in [3.63, 3.8) is 0 Å². The van der Waals surface area contributed by atoms with E-state index in [4.69, 9.17) is 3.63 Å². The van der Waals surface area contributed by atoms with Gasteiger partial charge >= 0.3 is 15.6 Å². The molecule has 0 aromatic carbocycles. The first kappa shape index (κ1) is 18.3. The molecule has 0 N–H and O–H groups in total. The molecule has 4 nitrogen and oxygen atoms in total. The van der Waals surface area contributed by atoms with Gasteiger partial charge in [0.2, 0.25) is 0 Å². The van der Waals surface area contributed by atoms with Crippen molar-refractivity contribution in [2.75, 3.05) is 6.26 Å². The zero-order valence-corrected chi connectivity index (χ0v) is 15.0. The van der Waals surface area contributed by atoms with Crippen LogP contribution in [0.2, 0.25) is 0 Å². The number of Topliss-reactive ketones (excluding diaryl/α,β-unsaturated/α-hetero) is 1. The molecule has 0 amide bonds. The second-order valence-corrected chi connectivity index (χ2v) is 11.7. The second kappa shape index (κ2) is 6.02. The average molecular weight is 386 g/mol. The van der Waals surface area contributed by atoms with Gasteiger partial charge in [0.15, 0.2) is 0 Å². The van der Waals surface area contributed by atoms with Gasteiger partial charge in [0.25, 0.3) is 0 Å². The summed E-state index contributed by atoms with van der Waals surface area (Å²) in [5.74, 6) is 0.153. The summed E-state index contributed by atoms with van der Waals surface area (Å²) in [5, 5.41) is -0.756. The number of hydrogen-bond donors (Lipinski definition) is 0. The maximum Gasteiger partial charge on any atom is 0.523 e. The van der Waals surface area contributed by atoms with E-state index in [1.54, 1.807) is 0 Å². The van der Waals surface area contributed by atoms with Crippen molar-refractivity contribution < 1.29 is 30.0 Å². The monoisotopic (exact) mass is 386 g/mol. The first-order valence-corrected chi connectivity index (χ1v) is 11.5. The number of halogens is 3. The van der Waals surface area contributed by atoms with Crippen LogP contribution in [0.15, 0.2) is 11.0 Å². The van der Waals surface area contributed by atoms with Gasteiger partial charge in [-0.15, -0.1) is 0 Å². The number of carbonyl (C=O) groups is 1. The molecule has 0 aliphatic heterocycles. The topological polar surface area (TPSA) is 60.4 Å². The maximum absolute atomic E-state index is 12.9. The predicted molar refractivity (Wildman–Crippen MR) is 85.8 cm³/mol. The molecule has 2 fully saturated rings. The highest BCUT2D eigenvalue weighted by atomic mass is 32.3. The summed E-state index contributed by atoms with van der Waals surface area (Å²) in [6, 6.07) is 0. The molecule has 24 heavy (non-hydrogen) atoms. The number of alkyl halides is 3. The van der Waals surface area contributed by atoms with Crippen molar-refractivity contribution in [1.82, 2.24) is 0 Å². The second-order valence-electron chi connectivity index (χ2n) is 6.91. The van der Waals surface area contributed by atoms with E-state index in [1.165, 1.54) is 6.26 Å². The van der Waals surface area contributed by atoms with Crippen LogP contribution in [-0.4, -0.2) is 31.2 Å². The maximum atomic E-state index is 12.9. The fraction of sp³-hybridized carbons (Fsp3) is 0.800. The molecule has 3 aliphatic carbocycles. The van der Waals surface area contributed by atoms with E-state index in [9.17, 15) is 26.4 Å². The Kier molecular flexibility index (Phi) is 4.58. The largest absolute Gasteiger partial charge is 0.523 e. The van der Waals surface area contributed by atoms with E-state index < -0.39 is 31.2 Å². The van der Waals surface area contributed by atoms with E-state index in [0.717, 1.165) is 19.3 Å². The first-order valence-electron chi connectivity index (χ1n) is 8.08. The molecule has 0 aromatic heterocycles. The molecule has 3 aliphatic rings. The molecular formula is C15H21F3O4S2. The van der Waals surface area contributed by atoms with Crippen LogP contribution in [0.3, 0.4) is 0 Å². The van der Waals surface area contributed by atoms with Crippen molar-refractivity contribution >= 4 is 26.2 Å². The highest BCUT2D eigenvalue weighted by Gasteiger charge is 2.55. The zero-order chi connectivity index (χ0) is 17.8. The Hall–Kier alpha value is -0.540. The summed E-state index contributed by atoms with van der Waals surface area (Å²) < 4.78 is 67.0. The van der Waals surface area contributed by atoms with Crippen molar-refractivity contribution in [2.45, 2.75) is 55.7 Å². The molecule has 3 rings (SSSR count). The molecule has 0 saturated heterocycles. The number of ketones is 1. The summed E-state index contributed by atoms with van der Waals surface area (Å²) in [5.41, 5.74) is -5.48. The molecule has 0 spiro atoms. The summed E-state index contributed by atoms with van der Waals surface area (Å²) in [6.07, 6.45) is 8.03. The van der Waals surface area contributed by atoms with Crippen LogP contribution in [0.25, 0.3) is 0 Å². The highest BCUT2D eigenvalue weighted by molar-refractivity contribution is 8.36. The Morgan fingerprint density at radius 2 is 1.88 bits per heavy atom. The Balaban J connectivity index is 2.01. The minimum Gasteiger partial charge on any atom is -0.298 e. The molecule has 2 saturated carbocycles. The van der Waals surface area contributed by atoms with E-state index in [-0.39, 0.29) is 24.0 Å². The minimum absolute atomic E-state index is 0.0492. The standard InChI is InChI=1S/C15H21F3O4S2/c1-23(13-5-3-2-4-12(13)19,22-24(20,21)15(16,17)18)14-9-10-6-7-11(14)8-10/h9-11,13H,2-8H2,1H3. The van der Waals surface area contributed by atoms with Gasteiger partial charge in [-0.2, -0.15) is 21.6 Å². The molecule has 4 unspecified atom stereocenters. The van der Waals surface area contributed by atoms with E-state index in [0.29, 0.717) is 24.2 Å². The fourth-order valence-electron chi connectivity index (χ4n) is 4.16. The van der Waals surface area contributed by atoms with Gasteiger partial charge in [0, 0.05) is 6.42 Å². The molecule has 0 radical (unpaired) electrons. The van der Waals surface area contributed by atoms with Gasteiger partial charge in [-0.05, 0) is 55.1 Å². The van der Waals surface area contributed by atoms with E-state index in [1.807, 2.05) is 6.08 Å². The van der Waals surface area contributed by atoms with Gasteiger partial charge < -0.3 is 0 Å². The molecule has 9 heteroatoms. The molecule has 4 atom stereocenters. The summed E-state index contributed by atoms with van der Waals surface area (Å²) in [7, 11) is -8.57. The number of hydrogen-bond acceptors (Lipinski definition) is 4. The predicted octanol–water partition coefficient (Wildman–Crippen LogP) is 4.03. The number of carbonyl (C=O) groups excluding carboxylic acids is 1. The smallest absolute Gasteiger partial charge is 0.298 e. The van der Waals surface area contributed by atoms with Crippen LogP contribution in [0, 0.1) is 11.8 Å². The van der Waals surface area contributed by atoms with Crippen LogP contribution in [0.4, 0.5) is 13.2 Å². The SMILES string of the molecule is CS(OS(=O)(=O)C(F)(F)F)(C1=CC2CCC1C2)C1CCCCC1=O. The van der Waals surface area contributed by atoms with E-state index in [2.05, 4.69) is 0 Å². The Morgan fingerprint density at radius 1 is 1.17 bits per heavy atom. The van der Waals surface area contributed by atoms with Gasteiger partial charge in [0.1, 0.15) is 5.78 Å². The van der Waals surface area contributed by atoms with Crippen molar-refractivity contribution in [3.05, 3.63) is 11.0 Å². The van der Waals surface area contributed by atoms with Crippen molar-refractivity contribution in [1.29, 1.82) is 0 Å². The third kappa shape index (κ3) is 3.03. The molecule has 2 bridgehead atoms.